The highest BCUT2D eigenvalue weighted by Crippen LogP contribution is 2.31. The first-order valence-electron chi connectivity index (χ1n) is 5.35. The molecule has 0 aliphatic carbocycles. The average Bonchev–Trinajstić information content (AvgIpc) is 2.57. The van der Waals surface area contributed by atoms with Gasteiger partial charge < -0.3 is 10.3 Å². The number of primary amides is 1. The van der Waals surface area contributed by atoms with Gasteiger partial charge in [0.05, 0.1) is 0 Å². The molecular weight excluding hydrogens is 299 g/mol. The molecule has 0 aromatic carbocycles. The Morgan fingerprint density at radius 2 is 1.85 bits per heavy atom. The highest BCUT2D eigenvalue weighted by atomic mass is 32.2. The van der Waals surface area contributed by atoms with Crippen LogP contribution in [0.25, 0.3) is 0 Å². The van der Waals surface area contributed by atoms with Gasteiger partial charge in [0.1, 0.15) is 16.1 Å². The minimum atomic E-state index is -4.76. The van der Waals surface area contributed by atoms with Gasteiger partial charge in [0, 0.05) is 13.2 Å². The van der Waals surface area contributed by atoms with E-state index < -0.39 is 32.5 Å². The molecule has 3 N–H and O–H groups in total. The standard InChI is InChI=1S/C10H14F3N3O3S/c1-9(2,10(11,12)13)15-20(18,19)6-4-7(8(14)17)16(3)5-6/h4-5,15H,1-3H3,(H2,14,17). The van der Waals surface area contributed by atoms with Gasteiger partial charge in [0.2, 0.25) is 10.0 Å². The Bertz CT molecular complexity index is 632. The molecule has 10 heteroatoms. The van der Waals surface area contributed by atoms with Gasteiger partial charge in [-0.15, -0.1) is 0 Å². The molecule has 20 heavy (non-hydrogen) atoms. The van der Waals surface area contributed by atoms with E-state index in [9.17, 15) is 26.4 Å². The molecule has 0 radical (unpaired) electrons. The van der Waals surface area contributed by atoms with Gasteiger partial charge in [0.15, 0.2) is 0 Å². The monoisotopic (exact) mass is 313 g/mol. The number of alkyl halides is 3. The Morgan fingerprint density at radius 1 is 1.35 bits per heavy atom. The van der Waals surface area contributed by atoms with E-state index in [0.717, 1.165) is 16.8 Å². The number of aryl methyl sites for hydroxylation is 1. The fourth-order valence-corrected chi connectivity index (χ4v) is 2.85. The SMILES string of the molecule is Cn1cc(S(=O)(=O)NC(C)(C)C(F)(F)F)cc1C(N)=O. The molecule has 0 unspecified atom stereocenters. The molecule has 0 spiro atoms. The second-order valence-electron chi connectivity index (χ2n) is 4.76. The quantitative estimate of drug-likeness (QED) is 0.858. The zero-order valence-electron chi connectivity index (χ0n) is 10.9. The van der Waals surface area contributed by atoms with Gasteiger partial charge >= 0.3 is 6.18 Å². The van der Waals surface area contributed by atoms with Crippen LogP contribution in [-0.2, 0) is 17.1 Å². The van der Waals surface area contributed by atoms with Crippen LogP contribution in [0, 0.1) is 0 Å². The van der Waals surface area contributed by atoms with E-state index in [1.54, 1.807) is 4.72 Å². The second kappa shape index (κ2) is 4.77. The smallest absolute Gasteiger partial charge is 0.364 e. The first-order chi connectivity index (χ1) is 8.78. The number of halogens is 3. The van der Waals surface area contributed by atoms with Crippen molar-refractivity contribution < 1.29 is 26.4 Å². The summed E-state index contributed by atoms with van der Waals surface area (Å²) < 4.78 is 64.5. The number of carbonyl (C=O) groups is 1. The van der Waals surface area contributed by atoms with Crippen LogP contribution >= 0.6 is 0 Å². The predicted molar refractivity (Wildman–Crippen MR) is 64.4 cm³/mol. The van der Waals surface area contributed by atoms with Gasteiger partial charge in [-0.3, -0.25) is 4.79 Å². The molecule has 1 aromatic rings. The summed E-state index contributed by atoms with van der Waals surface area (Å²) in [4.78, 5) is 10.5. The summed E-state index contributed by atoms with van der Waals surface area (Å²) >= 11 is 0. The highest BCUT2D eigenvalue weighted by molar-refractivity contribution is 7.89. The third kappa shape index (κ3) is 3.12. The highest BCUT2D eigenvalue weighted by Gasteiger charge is 2.49. The summed E-state index contributed by atoms with van der Waals surface area (Å²) in [7, 11) is -3.08. The molecule has 1 amide bonds. The Balaban J connectivity index is 3.19. The van der Waals surface area contributed by atoms with Crippen molar-refractivity contribution in [2.45, 2.75) is 30.5 Å². The number of nitrogens with two attached hydrogens (primary N) is 1. The van der Waals surface area contributed by atoms with Crippen molar-refractivity contribution in [2.75, 3.05) is 0 Å². The van der Waals surface area contributed by atoms with E-state index in [1.165, 1.54) is 7.05 Å². The zero-order chi connectivity index (χ0) is 15.9. The van der Waals surface area contributed by atoms with Gasteiger partial charge in [0.25, 0.3) is 5.91 Å². The Hall–Kier alpha value is -1.55. The molecule has 114 valence electrons. The molecule has 0 fully saturated rings. The predicted octanol–water partition coefficient (Wildman–Crippen LogP) is 0.743. The van der Waals surface area contributed by atoms with Gasteiger partial charge in [-0.2, -0.15) is 17.9 Å². The van der Waals surface area contributed by atoms with Crippen molar-refractivity contribution in [3.8, 4) is 0 Å². The molecule has 0 saturated carbocycles. The zero-order valence-corrected chi connectivity index (χ0v) is 11.8. The molecule has 1 rings (SSSR count). The number of sulfonamides is 1. The number of nitrogens with one attached hydrogen (secondary N) is 1. The number of aromatic nitrogens is 1. The molecule has 6 nitrogen and oxygen atoms in total. The van der Waals surface area contributed by atoms with Crippen LogP contribution in [0.4, 0.5) is 13.2 Å². The van der Waals surface area contributed by atoms with Crippen molar-refractivity contribution in [1.82, 2.24) is 9.29 Å². The fraction of sp³-hybridized carbons (Fsp3) is 0.500. The molecular formula is C10H14F3N3O3S. The Labute approximate surface area is 113 Å². The largest absolute Gasteiger partial charge is 0.407 e. The van der Waals surface area contributed by atoms with Crippen LogP contribution in [0.2, 0.25) is 0 Å². The first-order valence-corrected chi connectivity index (χ1v) is 6.83. The third-order valence-corrected chi connectivity index (χ3v) is 4.26. The van der Waals surface area contributed by atoms with Crippen molar-refractivity contribution in [3.63, 3.8) is 0 Å². The van der Waals surface area contributed by atoms with Crippen LogP contribution in [-0.4, -0.2) is 30.6 Å². The summed E-state index contributed by atoms with van der Waals surface area (Å²) in [5.74, 6) is -0.885. The molecule has 1 heterocycles. The summed E-state index contributed by atoms with van der Waals surface area (Å²) in [6.07, 6.45) is -3.75. The van der Waals surface area contributed by atoms with Gasteiger partial charge in [-0.1, -0.05) is 0 Å². The topological polar surface area (TPSA) is 94.2 Å². The van der Waals surface area contributed by atoms with Crippen molar-refractivity contribution >= 4 is 15.9 Å². The van der Waals surface area contributed by atoms with E-state index >= 15 is 0 Å². The number of hydrogen-bond acceptors (Lipinski definition) is 3. The summed E-state index contributed by atoms with van der Waals surface area (Å²) in [5.41, 5.74) is 2.24. The van der Waals surface area contributed by atoms with E-state index in [4.69, 9.17) is 5.73 Å². The first kappa shape index (κ1) is 16.5. The van der Waals surface area contributed by atoms with Crippen molar-refractivity contribution in [3.05, 3.63) is 18.0 Å². The number of rotatable bonds is 4. The molecule has 0 bridgehead atoms. The normalized spacial score (nSPS) is 13.5. The molecule has 1 aromatic heterocycles. The van der Waals surface area contributed by atoms with E-state index in [2.05, 4.69) is 0 Å². The number of amides is 1. The number of hydrogen-bond donors (Lipinski definition) is 2. The van der Waals surface area contributed by atoms with Crippen LogP contribution in [0.3, 0.4) is 0 Å². The maximum atomic E-state index is 12.7. The lowest BCUT2D eigenvalue weighted by atomic mass is 10.1. The van der Waals surface area contributed by atoms with Crippen molar-refractivity contribution in [2.24, 2.45) is 12.8 Å². The van der Waals surface area contributed by atoms with Gasteiger partial charge in [-0.25, -0.2) is 8.42 Å². The maximum absolute atomic E-state index is 12.7. The van der Waals surface area contributed by atoms with E-state index in [0.29, 0.717) is 13.8 Å². The lowest BCUT2D eigenvalue weighted by molar-refractivity contribution is -0.180. The molecule has 0 atom stereocenters. The average molecular weight is 313 g/mol. The van der Waals surface area contributed by atoms with Crippen LogP contribution in [0.15, 0.2) is 17.2 Å². The second-order valence-corrected chi connectivity index (χ2v) is 6.45. The van der Waals surface area contributed by atoms with E-state index in [1.807, 2.05) is 0 Å². The van der Waals surface area contributed by atoms with E-state index in [-0.39, 0.29) is 5.69 Å². The molecule has 0 aliphatic rings. The van der Waals surface area contributed by atoms with Gasteiger partial charge in [-0.05, 0) is 19.9 Å². The minimum absolute atomic E-state index is 0.129. The molecule has 0 aliphatic heterocycles. The summed E-state index contributed by atoms with van der Waals surface area (Å²) in [5, 5.41) is 0. The Morgan fingerprint density at radius 3 is 2.20 bits per heavy atom. The lowest BCUT2D eigenvalue weighted by Gasteiger charge is -2.28. The fourth-order valence-electron chi connectivity index (χ4n) is 1.38. The van der Waals surface area contributed by atoms with Crippen LogP contribution < -0.4 is 10.5 Å². The number of carbonyl (C=O) groups excluding carboxylic acids is 1. The van der Waals surface area contributed by atoms with Crippen LogP contribution in [0.5, 0.6) is 0 Å². The minimum Gasteiger partial charge on any atom is -0.364 e. The third-order valence-electron chi connectivity index (χ3n) is 2.64. The van der Waals surface area contributed by atoms with Crippen LogP contribution in [0.1, 0.15) is 24.3 Å². The summed E-state index contributed by atoms with van der Waals surface area (Å²) in [6, 6.07) is 0.914. The molecule has 0 saturated heterocycles. The van der Waals surface area contributed by atoms with Crippen molar-refractivity contribution in [1.29, 1.82) is 0 Å². The maximum Gasteiger partial charge on any atom is 0.407 e. The Kier molecular flexibility index (Phi) is 3.94. The number of nitrogens with zero attached hydrogens (tertiary/aromatic N) is 1. The summed E-state index contributed by atoms with van der Waals surface area (Å²) in [6.45, 7) is 1.39. The lowest BCUT2D eigenvalue weighted by Crippen LogP contribution is -2.54.